The van der Waals surface area contributed by atoms with E-state index in [0.29, 0.717) is 11.5 Å². The van der Waals surface area contributed by atoms with Crippen LogP contribution in [0.3, 0.4) is 0 Å². The van der Waals surface area contributed by atoms with Gasteiger partial charge in [0.25, 0.3) is 5.91 Å². The number of anilines is 1. The third-order valence-corrected chi connectivity index (χ3v) is 4.95. The summed E-state index contributed by atoms with van der Waals surface area (Å²) in [6.45, 7) is 7.90. The highest BCUT2D eigenvalue weighted by molar-refractivity contribution is 5.92. The molecule has 0 fully saturated rings. The van der Waals surface area contributed by atoms with Crippen molar-refractivity contribution in [3.8, 4) is 11.6 Å². The van der Waals surface area contributed by atoms with Gasteiger partial charge in [0.1, 0.15) is 0 Å². The van der Waals surface area contributed by atoms with E-state index in [4.69, 9.17) is 4.74 Å². The Bertz CT molecular complexity index is 1210. The predicted octanol–water partition coefficient (Wildman–Crippen LogP) is 4.67. The molecule has 6 nitrogen and oxygen atoms in total. The quantitative estimate of drug-likeness (QED) is 0.528. The molecular formula is C24H24N4O2. The van der Waals surface area contributed by atoms with Crippen molar-refractivity contribution in [1.82, 2.24) is 14.8 Å². The van der Waals surface area contributed by atoms with Crippen LogP contribution in [0.5, 0.6) is 5.88 Å². The molecule has 0 bridgehead atoms. The second-order valence-corrected chi connectivity index (χ2v) is 7.51. The molecule has 0 aliphatic carbocycles. The lowest BCUT2D eigenvalue weighted by Gasteiger charge is -2.09. The van der Waals surface area contributed by atoms with Gasteiger partial charge in [0.15, 0.2) is 12.3 Å². The lowest BCUT2D eigenvalue weighted by atomic mass is 10.1. The fraction of sp³-hybridized carbons (Fsp3) is 0.208. The van der Waals surface area contributed by atoms with Crippen molar-refractivity contribution in [1.29, 1.82) is 0 Å². The van der Waals surface area contributed by atoms with Crippen molar-refractivity contribution in [2.24, 2.45) is 0 Å². The molecule has 4 aromatic rings. The Morgan fingerprint density at radius 3 is 2.27 bits per heavy atom. The molecule has 0 saturated heterocycles. The van der Waals surface area contributed by atoms with Crippen LogP contribution < -0.4 is 10.1 Å². The number of hydrogen-bond acceptors (Lipinski definition) is 4. The standard InChI is InChI=1S/C24H24N4O2/c1-15-5-9-19(10-6-15)25-21(29)14-30-22-13-17(3)23-18(4)27-28(24(23)26-22)20-11-7-16(2)8-12-20/h5-13H,14H2,1-4H3,(H,25,29). The lowest BCUT2D eigenvalue weighted by Crippen LogP contribution is -2.20. The van der Waals surface area contributed by atoms with E-state index in [1.807, 2.05) is 87.0 Å². The van der Waals surface area contributed by atoms with E-state index in [1.165, 1.54) is 5.56 Å². The number of rotatable bonds is 5. The van der Waals surface area contributed by atoms with Gasteiger partial charge in [-0.1, -0.05) is 35.4 Å². The fourth-order valence-corrected chi connectivity index (χ4v) is 3.39. The van der Waals surface area contributed by atoms with Crippen LogP contribution in [0.4, 0.5) is 5.69 Å². The zero-order valence-corrected chi connectivity index (χ0v) is 17.6. The predicted molar refractivity (Wildman–Crippen MR) is 118 cm³/mol. The first-order chi connectivity index (χ1) is 14.4. The molecule has 0 spiro atoms. The van der Waals surface area contributed by atoms with E-state index in [9.17, 15) is 4.79 Å². The molecule has 0 aliphatic heterocycles. The number of ether oxygens (including phenoxy) is 1. The third-order valence-electron chi connectivity index (χ3n) is 4.95. The molecule has 2 aromatic heterocycles. The Morgan fingerprint density at radius 1 is 0.967 bits per heavy atom. The van der Waals surface area contributed by atoms with Crippen molar-refractivity contribution >= 4 is 22.6 Å². The highest BCUT2D eigenvalue weighted by atomic mass is 16.5. The number of aryl methyl sites for hydroxylation is 4. The summed E-state index contributed by atoms with van der Waals surface area (Å²) >= 11 is 0. The van der Waals surface area contributed by atoms with Gasteiger partial charge in [0.05, 0.1) is 11.4 Å². The van der Waals surface area contributed by atoms with E-state index in [-0.39, 0.29) is 12.5 Å². The molecule has 0 aliphatic rings. The molecular weight excluding hydrogens is 376 g/mol. The normalized spacial score (nSPS) is 10.9. The number of amides is 1. The van der Waals surface area contributed by atoms with Gasteiger partial charge >= 0.3 is 0 Å². The third kappa shape index (κ3) is 4.03. The molecule has 6 heteroatoms. The second-order valence-electron chi connectivity index (χ2n) is 7.51. The Morgan fingerprint density at radius 2 is 1.60 bits per heavy atom. The van der Waals surface area contributed by atoms with Crippen molar-refractivity contribution in [2.45, 2.75) is 27.7 Å². The van der Waals surface area contributed by atoms with Crippen molar-refractivity contribution in [3.63, 3.8) is 0 Å². The van der Waals surface area contributed by atoms with Gasteiger partial charge in [-0.2, -0.15) is 10.1 Å². The molecule has 0 radical (unpaired) electrons. The van der Waals surface area contributed by atoms with Gasteiger partial charge in [0.2, 0.25) is 5.88 Å². The Kier molecular flexibility index (Phi) is 5.23. The van der Waals surface area contributed by atoms with Crippen molar-refractivity contribution in [2.75, 3.05) is 11.9 Å². The number of fused-ring (bicyclic) bond motifs is 1. The average Bonchev–Trinajstić information content (AvgIpc) is 3.06. The SMILES string of the molecule is Cc1ccc(NC(=O)COc2cc(C)c3c(C)nn(-c4ccc(C)cc4)c3n2)cc1. The van der Waals surface area contributed by atoms with E-state index >= 15 is 0 Å². The summed E-state index contributed by atoms with van der Waals surface area (Å²) in [5, 5.41) is 8.49. The first-order valence-corrected chi connectivity index (χ1v) is 9.84. The lowest BCUT2D eigenvalue weighted by molar-refractivity contribution is -0.118. The first-order valence-electron chi connectivity index (χ1n) is 9.84. The number of nitrogens with one attached hydrogen (secondary N) is 1. The zero-order valence-electron chi connectivity index (χ0n) is 17.6. The van der Waals surface area contributed by atoms with Gasteiger partial charge < -0.3 is 10.1 Å². The van der Waals surface area contributed by atoms with E-state index < -0.39 is 0 Å². The number of carbonyl (C=O) groups is 1. The Balaban J connectivity index is 1.57. The van der Waals surface area contributed by atoms with Crippen LogP contribution in [-0.4, -0.2) is 27.3 Å². The molecule has 152 valence electrons. The number of nitrogens with zero attached hydrogens (tertiary/aromatic N) is 3. The summed E-state index contributed by atoms with van der Waals surface area (Å²) in [5.41, 5.74) is 6.61. The summed E-state index contributed by atoms with van der Waals surface area (Å²) in [6, 6.07) is 17.6. The molecule has 30 heavy (non-hydrogen) atoms. The summed E-state index contributed by atoms with van der Waals surface area (Å²) in [4.78, 5) is 16.9. The maximum Gasteiger partial charge on any atom is 0.262 e. The Labute approximate surface area is 175 Å². The topological polar surface area (TPSA) is 69.0 Å². The van der Waals surface area contributed by atoms with Gasteiger partial charge in [-0.25, -0.2) is 4.68 Å². The van der Waals surface area contributed by atoms with Gasteiger partial charge in [-0.3, -0.25) is 4.79 Å². The largest absolute Gasteiger partial charge is 0.467 e. The van der Waals surface area contributed by atoms with Crippen LogP contribution in [0.15, 0.2) is 54.6 Å². The highest BCUT2D eigenvalue weighted by Gasteiger charge is 2.15. The van der Waals surface area contributed by atoms with Gasteiger partial charge in [-0.05, 0) is 57.5 Å². The van der Waals surface area contributed by atoms with Crippen LogP contribution >= 0.6 is 0 Å². The molecule has 2 aromatic carbocycles. The number of benzene rings is 2. The molecule has 0 atom stereocenters. The minimum atomic E-state index is -0.235. The minimum Gasteiger partial charge on any atom is -0.467 e. The smallest absolute Gasteiger partial charge is 0.262 e. The first kappa shape index (κ1) is 19.6. The summed E-state index contributed by atoms with van der Waals surface area (Å²) in [5.74, 6) is 0.161. The number of aromatic nitrogens is 3. The molecule has 4 rings (SSSR count). The maximum absolute atomic E-state index is 12.3. The summed E-state index contributed by atoms with van der Waals surface area (Å²) in [7, 11) is 0. The summed E-state index contributed by atoms with van der Waals surface area (Å²) in [6.07, 6.45) is 0. The summed E-state index contributed by atoms with van der Waals surface area (Å²) < 4.78 is 7.52. The molecule has 1 amide bonds. The average molecular weight is 400 g/mol. The highest BCUT2D eigenvalue weighted by Crippen LogP contribution is 2.26. The van der Waals surface area contributed by atoms with Gasteiger partial charge in [0, 0.05) is 17.1 Å². The van der Waals surface area contributed by atoms with Crippen LogP contribution in [0.1, 0.15) is 22.4 Å². The molecule has 2 heterocycles. The molecule has 0 saturated carbocycles. The van der Waals surface area contributed by atoms with Gasteiger partial charge in [-0.15, -0.1) is 0 Å². The zero-order chi connectivity index (χ0) is 21.3. The maximum atomic E-state index is 12.3. The minimum absolute atomic E-state index is 0.122. The van der Waals surface area contributed by atoms with Crippen LogP contribution in [0, 0.1) is 27.7 Å². The van der Waals surface area contributed by atoms with Crippen molar-refractivity contribution < 1.29 is 9.53 Å². The van der Waals surface area contributed by atoms with E-state index in [1.54, 1.807) is 0 Å². The fourth-order valence-electron chi connectivity index (χ4n) is 3.39. The monoisotopic (exact) mass is 400 g/mol. The number of pyridine rings is 1. The van der Waals surface area contributed by atoms with Crippen molar-refractivity contribution in [3.05, 3.63) is 77.0 Å². The molecule has 1 N–H and O–H groups in total. The number of hydrogen-bond donors (Lipinski definition) is 1. The molecule has 0 unspecified atom stereocenters. The Hall–Kier alpha value is -3.67. The number of carbonyl (C=O) groups excluding carboxylic acids is 1. The van der Waals surface area contributed by atoms with Crippen LogP contribution in [0.2, 0.25) is 0 Å². The van der Waals surface area contributed by atoms with E-state index in [0.717, 1.165) is 33.6 Å². The van der Waals surface area contributed by atoms with Crippen LogP contribution in [0.25, 0.3) is 16.7 Å². The van der Waals surface area contributed by atoms with E-state index in [2.05, 4.69) is 15.4 Å². The van der Waals surface area contributed by atoms with Crippen LogP contribution in [-0.2, 0) is 4.79 Å². The second kappa shape index (κ2) is 7.99.